The first-order chi connectivity index (χ1) is 8.41. The number of amides is 2. The summed E-state index contributed by atoms with van der Waals surface area (Å²) in [5, 5.41) is 2.95. The number of nitrogens with one attached hydrogen (secondary N) is 1. The molecule has 1 unspecified atom stereocenters. The third kappa shape index (κ3) is 2.66. The maximum Gasteiger partial charge on any atom is 0.225 e. The van der Waals surface area contributed by atoms with Gasteiger partial charge in [-0.05, 0) is 13.8 Å². The van der Waals surface area contributed by atoms with Crippen LogP contribution in [-0.2, 0) is 14.3 Å². The summed E-state index contributed by atoms with van der Waals surface area (Å²) in [6.45, 7) is 8.64. The Kier molecular flexibility index (Phi) is 3.61. The van der Waals surface area contributed by atoms with Crippen LogP contribution in [0.1, 0.15) is 27.2 Å². The summed E-state index contributed by atoms with van der Waals surface area (Å²) >= 11 is 0. The Morgan fingerprint density at radius 3 is 2.67 bits per heavy atom. The van der Waals surface area contributed by atoms with Gasteiger partial charge in [-0.15, -0.1) is 0 Å². The van der Waals surface area contributed by atoms with E-state index in [4.69, 9.17) is 4.74 Å². The number of carbonyl (C=O) groups excluding carboxylic acids is 2. The van der Waals surface area contributed by atoms with Gasteiger partial charge < -0.3 is 15.0 Å². The van der Waals surface area contributed by atoms with Crippen molar-refractivity contribution in [1.82, 2.24) is 10.2 Å². The highest BCUT2D eigenvalue weighted by molar-refractivity contribution is 5.89. The Labute approximate surface area is 108 Å². The minimum atomic E-state index is -0.190. The molecule has 102 valence electrons. The molecule has 2 fully saturated rings. The second kappa shape index (κ2) is 4.88. The molecule has 5 heteroatoms. The third-order valence-corrected chi connectivity index (χ3v) is 3.74. The Balaban J connectivity index is 1.81. The first kappa shape index (κ1) is 13.3. The van der Waals surface area contributed by atoms with Crippen molar-refractivity contribution in [1.29, 1.82) is 0 Å². The van der Waals surface area contributed by atoms with Crippen molar-refractivity contribution in [3.05, 3.63) is 0 Å². The molecule has 0 bridgehead atoms. The monoisotopic (exact) mass is 254 g/mol. The van der Waals surface area contributed by atoms with E-state index in [9.17, 15) is 9.59 Å². The normalized spacial score (nSPS) is 26.3. The molecule has 0 aromatic heterocycles. The molecular formula is C13H22N2O3. The molecule has 1 atom stereocenters. The van der Waals surface area contributed by atoms with Crippen LogP contribution >= 0.6 is 0 Å². The molecule has 1 N–H and O–H groups in total. The summed E-state index contributed by atoms with van der Waals surface area (Å²) in [6, 6.07) is 0.174. The van der Waals surface area contributed by atoms with Crippen molar-refractivity contribution in [2.24, 2.45) is 11.3 Å². The molecule has 18 heavy (non-hydrogen) atoms. The van der Waals surface area contributed by atoms with Gasteiger partial charge in [-0.1, -0.05) is 6.92 Å². The van der Waals surface area contributed by atoms with Gasteiger partial charge in [0.05, 0.1) is 19.1 Å². The van der Waals surface area contributed by atoms with Crippen molar-refractivity contribution >= 4 is 11.8 Å². The van der Waals surface area contributed by atoms with Gasteiger partial charge in [0, 0.05) is 31.0 Å². The predicted octanol–water partition coefficient (Wildman–Crippen LogP) is 0.396. The first-order valence-electron chi connectivity index (χ1n) is 6.56. The molecule has 0 radical (unpaired) electrons. The number of carbonyl (C=O) groups is 2. The van der Waals surface area contributed by atoms with E-state index in [1.165, 1.54) is 0 Å². The molecule has 2 heterocycles. The lowest BCUT2D eigenvalue weighted by atomic mass is 9.88. The Morgan fingerprint density at radius 1 is 1.56 bits per heavy atom. The van der Waals surface area contributed by atoms with Crippen LogP contribution in [-0.4, -0.2) is 49.1 Å². The molecule has 2 saturated heterocycles. The largest absolute Gasteiger partial charge is 0.380 e. The fourth-order valence-electron chi connectivity index (χ4n) is 2.40. The SMILES string of the molecule is CC(C)N1CC(C(=O)NCC2(C)COC2)CC1=O. The van der Waals surface area contributed by atoms with Gasteiger partial charge in [-0.25, -0.2) is 0 Å². The number of nitrogens with zero attached hydrogens (tertiary/aromatic N) is 1. The van der Waals surface area contributed by atoms with Gasteiger partial charge in [0.2, 0.25) is 11.8 Å². The van der Waals surface area contributed by atoms with Crippen LogP contribution in [0.2, 0.25) is 0 Å². The average molecular weight is 254 g/mol. The van der Waals surface area contributed by atoms with Crippen LogP contribution in [0.3, 0.4) is 0 Å². The van der Waals surface area contributed by atoms with Crippen LogP contribution in [0.25, 0.3) is 0 Å². The lowest BCUT2D eigenvalue weighted by Crippen LogP contribution is -2.49. The zero-order valence-corrected chi connectivity index (χ0v) is 11.4. The summed E-state index contributed by atoms with van der Waals surface area (Å²) < 4.78 is 5.15. The molecule has 2 rings (SSSR count). The molecule has 2 amide bonds. The highest BCUT2D eigenvalue weighted by atomic mass is 16.5. The van der Waals surface area contributed by atoms with Gasteiger partial charge >= 0.3 is 0 Å². The molecule has 0 spiro atoms. The minimum absolute atomic E-state index is 0.000347. The van der Waals surface area contributed by atoms with E-state index in [-0.39, 0.29) is 29.2 Å². The smallest absolute Gasteiger partial charge is 0.225 e. The summed E-state index contributed by atoms with van der Waals surface area (Å²) in [7, 11) is 0. The summed E-state index contributed by atoms with van der Waals surface area (Å²) in [5.41, 5.74) is 0.0794. The minimum Gasteiger partial charge on any atom is -0.380 e. The zero-order chi connectivity index (χ0) is 13.3. The Bertz CT molecular complexity index is 350. The highest BCUT2D eigenvalue weighted by Crippen LogP contribution is 2.26. The molecular weight excluding hydrogens is 232 g/mol. The van der Waals surface area contributed by atoms with E-state index < -0.39 is 0 Å². The molecule has 2 aliphatic heterocycles. The molecule has 0 saturated carbocycles. The quantitative estimate of drug-likeness (QED) is 0.790. The Morgan fingerprint density at radius 2 is 2.22 bits per heavy atom. The van der Waals surface area contributed by atoms with Gasteiger partial charge in [0.1, 0.15) is 0 Å². The zero-order valence-electron chi connectivity index (χ0n) is 11.4. The van der Waals surface area contributed by atoms with Gasteiger partial charge in [0.25, 0.3) is 0 Å². The van der Waals surface area contributed by atoms with Crippen molar-refractivity contribution in [2.75, 3.05) is 26.3 Å². The second-order valence-corrected chi connectivity index (χ2v) is 6.06. The van der Waals surface area contributed by atoms with Crippen LogP contribution in [0.5, 0.6) is 0 Å². The van der Waals surface area contributed by atoms with Crippen molar-refractivity contribution in [2.45, 2.75) is 33.2 Å². The summed E-state index contributed by atoms with van der Waals surface area (Å²) in [5.74, 6) is -0.104. The predicted molar refractivity (Wildman–Crippen MR) is 66.9 cm³/mol. The van der Waals surface area contributed by atoms with Gasteiger partial charge in [-0.3, -0.25) is 9.59 Å². The van der Waals surface area contributed by atoms with E-state index in [1.807, 2.05) is 13.8 Å². The van der Waals surface area contributed by atoms with Crippen LogP contribution in [0.15, 0.2) is 0 Å². The summed E-state index contributed by atoms with van der Waals surface area (Å²) in [4.78, 5) is 25.5. The molecule has 0 aromatic carbocycles. The molecule has 2 aliphatic rings. The first-order valence-corrected chi connectivity index (χ1v) is 6.56. The van der Waals surface area contributed by atoms with Crippen LogP contribution < -0.4 is 5.32 Å². The van der Waals surface area contributed by atoms with Gasteiger partial charge in [0.15, 0.2) is 0 Å². The molecule has 5 nitrogen and oxygen atoms in total. The number of hydrogen-bond acceptors (Lipinski definition) is 3. The number of ether oxygens (including phenoxy) is 1. The van der Waals surface area contributed by atoms with Crippen molar-refractivity contribution in [3.63, 3.8) is 0 Å². The molecule has 0 aromatic rings. The van der Waals surface area contributed by atoms with Crippen molar-refractivity contribution < 1.29 is 14.3 Å². The molecule has 0 aliphatic carbocycles. The van der Waals surface area contributed by atoms with E-state index in [0.29, 0.717) is 32.7 Å². The maximum atomic E-state index is 12.0. The number of hydrogen-bond donors (Lipinski definition) is 1. The second-order valence-electron chi connectivity index (χ2n) is 6.06. The maximum absolute atomic E-state index is 12.0. The average Bonchev–Trinajstić information content (AvgIpc) is 2.65. The van der Waals surface area contributed by atoms with E-state index in [1.54, 1.807) is 4.90 Å². The van der Waals surface area contributed by atoms with E-state index in [2.05, 4.69) is 12.2 Å². The van der Waals surface area contributed by atoms with E-state index in [0.717, 1.165) is 0 Å². The lowest BCUT2D eigenvalue weighted by molar-refractivity contribution is -0.131. The topological polar surface area (TPSA) is 58.6 Å². The third-order valence-electron chi connectivity index (χ3n) is 3.74. The highest BCUT2D eigenvalue weighted by Gasteiger charge is 2.38. The van der Waals surface area contributed by atoms with Crippen molar-refractivity contribution in [3.8, 4) is 0 Å². The number of likely N-dealkylation sites (tertiary alicyclic amines) is 1. The van der Waals surface area contributed by atoms with Crippen LogP contribution in [0, 0.1) is 11.3 Å². The summed E-state index contributed by atoms with van der Waals surface area (Å²) in [6.07, 6.45) is 0.344. The fourth-order valence-corrected chi connectivity index (χ4v) is 2.40. The van der Waals surface area contributed by atoms with E-state index >= 15 is 0 Å². The number of rotatable bonds is 4. The van der Waals surface area contributed by atoms with Crippen LogP contribution in [0.4, 0.5) is 0 Å². The standard InChI is InChI=1S/C13H22N2O3/c1-9(2)15-5-10(4-11(15)16)12(17)14-6-13(3)7-18-8-13/h9-10H,4-8H2,1-3H3,(H,14,17). The van der Waals surface area contributed by atoms with Gasteiger partial charge in [-0.2, -0.15) is 0 Å². The lowest BCUT2D eigenvalue weighted by Gasteiger charge is -2.38. The Hall–Kier alpha value is -1.10. The fraction of sp³-hybridized carbons (Fsp3) is 0.846.